The van der Waals surface area contributed by atoms with Gasteiger partial charge >= 0.3 is 0 Å². The van der Waals surface area contributed by atoms with E-state index in [1.54, 1.807) is 13.3 Å². The van der Waals surface area contributed by atoms with E-state index in [0.717, 1.165) is 18.0 Å². The lowest BCUT2D eigenvalue weighted by Crippen LogP contribution is -2.49. The third-order valence-electron chi connectivity index (χ3n) is 4.58. The molecule has 0 saturated carbocycles. The average Bonchev–Trinajstić information content (AvgIpc) is 2.62. The number of amides is 1. The zero-order chi connectivity index (χ0) is 17.1. The molecule has 1 fully saturated rings. The van der Waals surface area contributed by atoms with Gasteiger partial charge in [0.2, 0.25) is 0 Å². The van der Waals surface area contributed by atoms with E-state index < -0.39 is 0 Å². The highest BCUT2D eigenvalue weighted by atomic mass is 16.5. The van der Waals surface area contributed by atoms with Gasteiger partial charge in [-0.2, -0.15) is 0 Å². The summed E-state index contributed by atoms with van der Waals surface area (Å²) in [4.78, 5) is 25.1. The van der Waals surface area contributed by atoms with Crippen molar-refractivity contribution in [2.24, 2.45) is 0 Å². The van der Waals surface area contributed by atoms with Crippen LogP contribution in [0.5, 0.6) is 5.75 Å². The van der Waals surface area contributed by atoms with Gasteiger partial charge in [-0.05, 0) is 31.7 Å². The Morgan fingerprint density at radius 1 is 1.25 bits per heavy atom. The van der Waals surface area contributed by atoms with Gasteiger partial charge in [-0.1, -0.05) is 12.1 Å². The van der Waals surface area contributed by atoms with Gasteiger partial charge in [0.1, 0.15) is 12.1 Å². The quantitative estimate of drug-likeness (QED) is 0.862. The second-order valence-electron chi connectivity index (χ2n) is 6.04. The maximum absolute atomic E-state index is 12.8. The summed E-state index contributed by atoms with van der Waals surface area (Å²) in [5, 5.41) is 0. The van der Waals surface area contributed by atoms with Crippen molar-refractivity contribution < 1.29 is 9.53 Å². The predicted molar refractivity (Wildman–Crippen MR) is 91.0 cm³/mol. The topological polar surface area (TPSA) is 58.6 Å². The highest BCUT2D eigenvalue weighted by Gasteiger charge is 2.29. The second kappa shape index (κ2) is 6.97. The standard InChI is InChI=1S/C18H22N4O2/c1-13-16(10-19-12-20-13)18(23)22-9-8-21(2)17(11-22)14-4-6-15(24-3)7-5-14/h4-7,10,12,17H,8-9,11H2,1-3H3/t17-/m0/s1. The van der Waals surface area contributed by atoms with Crippen LogP contribution in [0.4, 0.5) is 0 Å². The molecule has 1 saturated heterocycles. The highest BCUT2D eigenvalue weighted by molar-refractivity contribution is 5.95. The third kappa shape index (κ3) is 3.23. The minimum Gasteiger partial charge on any atom is -0.497 e. The Balaban J connectivity index is 1.80. The van der Waals surface area contributed by atoms with E-state index in [1.165, 1.54) is 11.9 Å². The van der Waals surface area contributed by atoms with Gasteiger partial charge in [0.15, 0.2) is 0 Å². The van der Waals surface area contributed by atoms with Gasteiger partial charge in [0.05, 0.1) is 24.4 Å². The zero-order valence-electron chi connectivity index (χ0n) is 14.3. The molecule has 1 aliphatic rings. The van der Waals surface area contributed by atoms with Gasteiger partial charge in [0, 0.05) is 25.8 Å². The predicted octanol–water partition coefficient (Wildman–Crippen LogP) is 1.92. The molecule has 6 nitrogen and oxygen atoms in total. The van der Waals surface area contributed by atoms with Gasteiger partial charge in [-0.15, -0.1) is 0 Å². The number of nitrogens with zero attached hydrogens (tertiary/aromatic N) is 4. The largest absolute Gasteiger partial charge is 0.497 e. The molecule has 0 spiro atoms. The lowest BCUT2D eigenvalue weighted by atomic mass is 10.0. The molecule has 1 atom stereocenters. The molecule has 6 heteroatoms. The lowest BCUT2D eigenvalue weighted by molar-refractivity contribution is 0.0544. The van der Waals surface area contributed by atoms with E-state index in [4.69, 9.17) is 4.74 Å². The van der Waals surface area contributed by atoms with E-state index >= 15 is 0 Å². The average molecular weight is 326 g/mol. The Labute approximate surface area is 142 Å². The van der Waals surface area contributed by atoms with Gasteiger partial charge in [0.25, 0.3) is 5.91 Å². The monoisotopic (exact) mass is 326 g/mol. The number of rotatable bonds is 3. The normalized spacial score (nSPS) is 18.5. The van der Waals surface area contributed by atoms with E-state index in [0.29, 0.717) is 18.7 Å². The Kier molecular flexibility index (Phi) is 4.76. The maximum Gasteiger partial charge on any atom is 0.257 e. The number of carbonyl (C=O) groups excluding carboxylic acids is 1. The summed E-state index contributed by atoms with van der Waals surface area (Å²) in [5.74, 6) is 0.835. The third-order valence-corrected chi connectivity index (χ3v) is 4.58. The Hall–Kier alpha value is -2.47. The van der Waals surface area contributed by atoms with E-state index in [9.17, 15) is 4.79 Å². The molecule has 2 aromatic rings. The number of aryl methyl sites for hydroxylation is 1. The summed E-state index contributed by atoms with van der Waals surface area (Å²) < 4.78 is 5.22. The number of ether oxygens (including phenoxy) is 1. The van der Waals surface area contributed by atoms with Crippen molar-refractivity contribution in [1.82, 2.24) is 19.8 Å². The summed E-state index contributed by atoms with van der Waals surface area (Å²) in [6, 6.07) is 8.20. The number of carbonyl (C=O) groups is 1. The maximum atomic E-state index is 12.8. The van der Waals surface area contributed by atoms with Crippen LogP contribution in [-0.4, -0.2) is 59.5 Å². The molecule has 0 radical (unpaired) electrons. The van der Waals surface area contributed by atoms with Crippen LogP contribution in [0.25, 0.3) is 0 Å². The zero-order valence-corrected chi connectivity index (χ0v) is 14.3. The summed E-state index contributed by atoms with van der Waals surface area (Å²) >= 11 is 0. The molecule has 1 aromatic heterocycles. The molecule has 3 rings (SSSR count). The summed E-state index contributed by atoms with van der Waals surface area (Å²) in [7, 11) is 3.75. The molecule has 0 unspecified atom stereocenters. The molecule has 0 N–H and O–H groups in total. The van der Waals surface area contributed by atoms with Gasteiger partial charge in [-0.25, -0.2) is 9.97 Å². The number of hydrogen-bond acceptors (Lipinski definition) is 5. The number of benzene rings is 1. The summed E-state index contributed by atoms with van der Waals surface area (Å²) in [5.41, 5.74) is 2.47. The van der Waals surface area contributed by atoms with Crippen LogP contribution in [0.3, 0.4) is 0 Å². The second-order valence-corrected chi connectivity index (χ2v) is 6.04. The first-order valence-electron chi connectivity index (χ1n) is 8.00. The number of likely N-dealkylation sites (N-methyl/N-ethyl adjacent to an activating group) is 1. The van der Waals surface area contributed by atoms with E-state index in [2.05, 4.69) is 34.0 Å². The minimum absolute atomic E-state index is 0.000267. The van der Waals surface area contributed by atoms with Crippen molar-refractivity contribution in [3.8, 4) is 5.75 Å². The Bertz CT molecular complexity index is 717. The first-order valence-corrected chi connectivity index (χ1v) is 8.00. The van der Waals surface area contributed by atoms with Crippen molar-refractivity contribution in [2.45, 2.75) is 13.0 Å². The number of hydrogen-bond donors (Lipinski definition) is 0. The molecule has 126 valence electrons. The lowest BCUT2D eigenvalue weighted by Gasteiger charge is -2.39. The summed E-state index contributed by atoms with van der Waals surface area (Å²) in [6.07, 6.45) is 3.07. The van der Waals surface area contributed by atoms with Crippen molar-refractivity contribution in [3.05, 3.63) is 53.6 Å². The van der Waals surface area contributed by atoms with Crippen molar-refractivity contribution in [3.63, 3.8) is 0 Å². The molecule has 1 amide bonds. The highest BCUT2D eigenvalue weighted by Crippen LogP contribution is 2.26. The van der Waals surface area contributed by atoms with Crippen LogP contribution >= 0.6 is 0 Å². The number of methoxy groups -OCH3 is 1. The fraction of sp³-hybridized carbons (Fsp3) is 0.389. The van der Waals surface area contributed by atoms with Crippen molar-refractivity contribution >= 4 is 5.91 Å². The Morgan fingerprint density at radius 3 is 2.67 bits per heavy atom. The van der Waals surface area contributed by atoms with Crippen LogP contribution in [0.15, 0.2) is 36.8 Å². The smallest absolute Gasteiger partial charge is 0.257 e. The Morgan fingerprint density at radius 2 is 2.00 bits per heavy atom. The number of piperazine rings is 1. The van der Waals surface area contributed by atoms with Crippen LogP contribution in [-0.2, 0) is 0 Å². The van der Waals surface area contributed by atoms with Crippen LogP contribution in [0, 0.1) is 6.92 Å². The molecule has 1 aliphatic heterocycles. The fourth-order valence-corrected chi connectivity index (χ4v) is 3.02. The first kappa shape index (κ1) is 16.4. The van der Waals surface area contributed by atoms with Gasteiger partial charge in [-0.3, -0.25) is 9.69 Å². The molecule has 24 heavy (non-hydrogen) atoms. The molecular formula is C18H22N4O2. The van der Waals surface area contributed by atoms with Crippen LogP contribution in [0.1, 0.15) is 27.7 Å². The minimum atomic E-state index is -0.000267. The van der Waals surface area contributed by atoms with Crippen molar-refractivity contribution in [1.29, 1.82) is 0 Å². The van der Waals surface area contributed by atoms with Crippen LogP contribution in [0.2, 0.25) is 0 Å². The van der Waals surface area contributed by atoms with Gasteiger partial charge < -0.3 is 9.64 Å². The fourth-order valence-electron chi connectivity index (χ4n) is 3.02. The van der Waals surface area contributed by atoms with Crippen molar-refractivity contribution in [2.75, 3.05) is 33.8 Å². The molecular weight excluding hydrogens is 304 g/mol. The number of aromatic nitrogens is 2. The molecule has 0 bridgehead atoms. The van der Waals surface area contributed by atoms with E-state index in [-0.39, 0.29) is 11.9 Å². The molecule has 2 heterocycles. The first-order chi connectivity index (χ1) is 11.6. The molecule has 0 aliphatic carbocycles. The SMILES string of the molecule is COc1ccc([C@@H]2CN(C(=O)c3cncnc3C)CCN2C)cc1. The van der Waals surface area contributed by atoms with Crippen LogP contribution < -0.4 is 4.74 Å². The van der Waals surface area contributed by atoms with E-state index in [1.807, 2.05) is 24.0 Å². The molecule has 1 aromatic carbocycles. The summed E-state index contributed by atoms with van der Waals surface area (Å²) in [6.45, 7) is 4.02.